The molecule has 0 aromatic heterocycles. The second-order valence-electron chi connectivity index (χ2n) is 9.78. The number of rotatable bonds is 4. The van der Waals surface area contributed by atoms with Crippen molar-refractivity contribution in [1.82, 2.24) is 34.9 Å². The molecule has 2 heterocycles. The predicted octanol–water partition coefficient (Wildman–Crippen LogP) is -2.37. The van der Waals surface area contributed by atoms with Gasteiger partial charge in [0.25, 0.3) is 5.91 Å². The SMILES string of the molecule is CN(C)C(=O)C(=O)N1CCC2N(CC1)C(=O)C(=O)C(C(=O)NCc1ccc(F)cc1)N2N(C)C(=O)C(=O)N(C)C. The summed E-state index contributed by atoms with van der Waals surface area (Å²) in [7, 11) is 6.75. The minimum absolute atomic E-state index is 0.0366. The summed E-state index contributed by atoms with van der Waals surface area (Å²) in [6.45, 7) is -0.378. The fraction of sp³-hybridized carbons (Fsp3) is 0.480. The zero-order valence-corrected chi connectivity index (χ0v) is 22.9. The van der Waals surface area contributed by atoms with Crippen LogP contribution in [0.3, 0.4) is 0 Å². The van der Waals surface area contributed by atoms with Gasteiger partial charge in [0.15, 0.2) is 6.04 Å². The van der Waals surface area contributed by atoms with E-state index in [2.05, 4.69) is 5.32 Å². The van der Waals surface area contributed by atoms with Gasteiger partial charge in [-0.3, -0.25) is 38.6 Å². The fourth-order valence-electron chi connectivity index (χ4n) is 4.44. The molecule has 6 amide bonds. The molecular weight excluding hydrogens is 529 g/mol. The molecule has 1 aromatic carbocycles. The summed E-state index contributed by atoms with van der Waals surface area (Å²) in [4.78, 5) is 94.9. The van der Waals surface area contributed by atoms with Crippen molar-refractivity contribution in [3.8, 4) is 0 Å². The van der Waals surface area contributed by atoms with E-state index in [9.17, 15) is 38.0 Å². The number of nitrogens with one attached hydrogen (secondary N) is 1. The van der Waals surface area contributed by atoms with E-state index in [-0.39, 0.29) is 32.6 Å². The van der Waals surface area contributed by atoms with Crippen LogP contribution in [0.25, 0.3) is 0 Å². The molecule has 2 atom stereocenters. The lowest BCUT2D eigenvalue weighted by molar-refractivity contribution is -0.192. The highest BCUT2D eigenvalue weighted by Crippen LogP contribution is 2.26. The molecule has 15 heteroatoms. The molecular formula is C25H32FN7O7. The maximum absolute atomic E-state index is 13.4. The van der Waals surface area contributed by atoms with Crippen molar-refractivity contribution in [2.75, 3.05) is 54.9 Å². The molecule has 0 aliphatic carbocycles. The van der Waals surface area contributed by atoms with Crippen LogP contribution < -0.4 is 5.32 Å². The van der Waals surface area contributed by atoms with Crippen LogP contribution in [0, 0.1) is 5.82 Å². The first-order chi connectivity index (χ1) is 18.8. The summed E-state index contributed by atoms with van der Waals surface area (Å²) in [6, 6.07) is 3.43. The Labute approximate surface area is 230 Å². The van der Waals surface area contributed by atoms with Crippen molar-refractivity contribution in [3.63, 3.8) is 0 Å². The van der Waals surface area contributed by atoms with Crippen molar-refractivity contribution in [3.05, 3.63) is 35.6 Å². The highest BCUT2D eigenvalue weighted by Gasteiger charge is 2.53. The van der Waals surface area contributed by atoms with E-state index >= 15 is 0 Å². The van der Waals surface area contributed by atoms with Gasteiger partial charge < -0.3 is 24.9 Å². The number of hydrogen-bond donors (Lipinski definition) is 1. The first-order valence-electron chi connectivity index (χ1n) is 12.4. The Bertz CT molecular complexity index is 1220. The molecule has 40 heavy (non-hydrogen) atoms. The summed E-state index contributed by atoms with van der Waals surface area (Å²) in [6.07, 6.45) is -1.12. The Morgan fingerprint density at radius 1 is 0.875 bits per heavy atom. The quantitative estimate of drug-likeness (QED) is 0.317. The Kier molecular flexibility index (Phi) is 9.19. The summed E-state index contributed by atoms with van der Waals surface area (Å²) in [5.41, 5.74) is 0.513. The largest absolute Gasteiger partial charge is 0.350 e. The molecule has 2 saturated heterocycles. The Morgan fingerprint density at radius 2 is 1.48 bits per heavy atom. The lowest BCUT2D eigenvalue weighted by atomic mass is 10.0. The van der Waals surface area contributed by atoms with Gasteiger partial charge in [-0.1, -0.05) is 12.1 Å². The average Bonchev–Trinajstić information content (AvgIpc) is 3.15. The predicted molar refractivity (Wildman–Crippen MR) is 136 cm³/mol. The third kappa shape index (κ3) is 6.09. The number of carbonyl (C=O) groups excluding carboxylic acids is 7. The monoisotopic (exact) mass is 561 g/mol. The van der Waals surface area contributed by atoms with Gasteiger partial charge in [0.1, 0.15) is 12.0 Å². The number of halogens is 1. The van der Waals surface area contributed by atoms with Crippen LogP contribution in [-0.4, -0.2) is 138 Å². The number of ketones is 1. The van der Waals surface area contributed by atoms with Crippen LogP contribution in [0.5, 0.6) is 0 Å². The minimum Gasteiger partial charge on any atom is -0.350 e. The average molecular weight is 562 g/mol. The zero-order valence-electron chi connectivity index (χ0n) is 22.9. The van der Waals surface area contributed by atoms with Crippen LogP contribution in [0.4, 0.5) is 4.39 Å². The van der Waals surface area contributed by atoms with Gasteiger partial charge in [0, 0.05) is 67.8 Å². The summed E-state index contributed by atoms with van der Waals surface area (Å²) in [5, 5.41) is 4.43. The molecule has 2 aliphatic rings. The van der Waals surface area contributed by atoms with Gasteiger partial charge in [-0.15, -0.1) is 0 Å². The number of amides is 6. The van der Waals surface area contributed by atoms with E-state index in [1.54, 1.807) is 0 Å². The zero-order chi connectivity index (χ0) is 29.9. The molecule has 216 valence electrons. The van der Waals surface area contributed by atoms with Crippen molar-refractivity contribution in [2.45, 2.75) is 25.2 Å². The van der Waals surface area contributed by atoms with E-state index in [0.717, 1.165) is 24.7 Å². The summed E-state index contributed by atoms with van der Waals surface area (Å²) >= 11 is 0. The van der Waals surface area contributed by atoms with Crippen LogP contribution in [0.15, 0.2) is 24.3 Å². The Hall–Kier alpha value is -4.40. The first-order valence-corrected chi connectivity index (χ1v) is 12.4. The van der Waals surface area contributed by atoms with Crippen LogP contribution in [-0.2, 0) is 40.1 Å². The number of carbonyl (C=O) groups is 7. The van der Waals surface area contributed by atoms with Crippen LogP contribution in [0.2, 0.25) is 0 Å². The molecule has 1 N–H and O–H groups in total. The Morgan fingerprint density at radius 3 is 2.05 bits per heavy atom. The third-order valence-electron chi connectivity index (χ3n) is 6.65. The van der Waals surface area contributed by atoms with Crippen molar-refractivity contribution >= 4 is 41.2 Å². The second-order valence-corrected chi connectivity index (χ2v) is 9.78. The van der Waals surface area contributed by atoms with Crippen LogP contribution >= 0.6 is 0 Å². The smallest absolute Gasteiger partial charge is 0.326 e. The number of benzene rings is 1. The molecule has 1 aromatic rings. The lowest BCUT2D eigenvalue weighted by Crippen LogP contribution is -2.73. The highest BCUT2D eigenvalue weighted by atomic mass is 19.1. The molecule has 0 radical (unpaired) electrons. The maximum Gasteiger partial charge on any atom is 0.326 e. The van der Waals surface area contributed by atoms with Crippen molar-refractivity contribution < 1.29 is 38.0 Å². The Balaban J connectivity index is 1.96. The number of fused-ring (bicyclic) bond motifs is 1. The van der Waals surface area contributed by atoms with Gasteiger partial charge >= 0.3 is 23.6 Å². The lowest BCUT2D eigenvalue weighted by Gasteiger charge is -2.48. The fourth-order valence-corrected chi connectivity index (χ4v) is 4.44. The van der Waals surface area contributed by atoms with Gasteiger partial charge in [-0.25, -0.2) is 4.39 Å². The van der Waals surface area contributed by atoms with E-state index < -0.39 is 59.3 Å². The topological polar surface area (TPSA) is 151 Å². The molecule has 0 bridgehead atoms. The molecule has 3 rings (SSSR count). The van der Waals surface area contributed by atoms with E-state index in [4.69, 9.17) is 0 Å². The van der Waals surface area contributed by atoms with Gasteiger partial charge in [-0.05, 0) is 17.7 Å². The third-order valence-corrected chi connectivity index (χ3v) is 6.65. The van der Waals surface area contributed by atoms with Crippen molar-refractivity contribution in [1.29, 1.82) is 0 Å². The van der Waals surface area contributed by atoms with Gasteiger partial charge in [0.2, 0.25) is 11.7 Å². The first kappa shape index (κ1) is 30.1. The number of hydrogen-bond acceptors (Lipinski definition) is 8. The number of likely N-dealkylation sites (N-methyl/N-ethyl adjacent to an activating group) is 3. The molecule has 2 aliphatic heterocycles. The highest BCUT2D eigenvalue weighted by molar-refractivity contribution is 6.43. The standard InChI is InChI=1S/C25H32FN7O7/c1-28(2)22(37)24(39)30(5)33-17-10-11-31(25(40)23(38)29(3)4)12-13-32(17)21(36)19(34)18(33)20(35)27-14-15-6-8-16(26)9-7-15/h6-9,17-18H,10-14H2,1-5H3,(H,27,35). The van der Waals surface area contributed by atoms with Crippen molar-refractivity contribution in [2.24, 2.45) is 0 Å². The van der Waals surface area contributed by atoms with Gasteiger partial charge in [-0.2, -0.15) is 5.01 Å². The minimum atomic E-state index is -1.82. The second kappa shape index (κ2) is 12.2. The molecule has 2 unspecified atom stereocenters. The summed E-state index contributed by atoms with van der Waals surface area (Å²) < 4.78 is 13.3. The molecule has 14 nitrogen and oxygen atoms in total. The number of Topliss-reactive ketones (excluding diaryl/α,β-unsaturated/α-hetero) is 1. The number of hydrazine groups is 1. The normalized spacial score (nSPS) is 19.4. The van der Waals surface area contributed by atoms with E-state index in [0.29, 0.717) is 5.56 Å². The molecule has 2 fully saturated rings. The summed E-state index contributed by atoms with van der Waals surface area (Å²) in [5.74, 6) is -7.14. The molecule has 0 saturated carbocycles. The van der Waals surface area contributed by atoms with E-state index in [1.165, 1.54) is 64.4 Å². The maximum atomic E-state index is 13.4. The molecule has 0 spiro atoms. The van der Waals surface area contributed by atoms with Crippen LogP contribution in [0.1, 0.15) is 12.0 Å². The number of nitrogens with zero attached hydrogens (tertiary/aromatic N) is 6. The van der Waals surface area contributed by atoms with E-state index in [1.807, 2.05) is 0 Å². The van der Waals surface area contributed by atoms with Gasteiger partial charge in [0.05, 0.1) is 0 Å².